The van der Waals surface area contributed by atoms with E-state index in [9.17, 15) is 19.5 Å². The van der Waals surface area contributed by atoms with Crippen molar-refractivity contribution in [3.63, 3.8) is 0 Å². The number of aryl methyl sites for hydroxylation is 2. The van der Waals surface area contributed by atoms with Gasteiger partial charge in [0.2, 0.25) is 11.8 Å². The van der Waals surface area contributed by atoms with Gasteiger partial charge < -0.3 is 14.6 Å². The van der Waals surface area contributed by atoms with Crippen LogP contribution in [0.5, 0.6) is 5.75 Å². The molecule has 4 atom stereocenters. The van der Waals surface area contributed by atoms with Crippen molar-refractivity contribution in [2.24, 2.45) is 11.8 Å². The van der Waals surface area contributed by atoms with Crippen molar-refractivity contribution in [1.82, 2.24) is 10.2 Å². The highest BCUT2D eigenvalue weighted by Gasteiger charge is 2.68. The minimum Gasteiger partial charge on any atom is -0.496 e. The maximum Gasteiger partial charge on any atom is 0.329 e. The van der Waals surface area contributed by atoms with Crippen LogP contribution in [0.1, 0.15) is 29.2 Å². The van der Waals surface area contributed by atoms with Gasteiger partial charge in [0.05, 0.1) is 32.7 Å². The molecule has 0 aromatic heterocycles. The molecule has 2 amide bonds. The summed E-state index contributed by atoms with van der Waals surface area (Å²) in [4.78, 5) is 39.4. The van der Waals surface area contributed by atoms with Crippen molar-refractivity contribution in [1.29, 1.82) is 0 Å². The van der Waals surface area contributed by atoms with Crippen molar-refractivity contribution in [2.45, 2.75) is 30.8 Å². The summed E-state index contributed by atoms with van der Waals surface area (Å²) in [5.74, 6) is -2.89. The van der Waals surface area contributed by atoms with Crippen molar-refractivity contribution >= 4 is 17.8 Å². The number of carbonyl (C=O) groups excluding carboxylic acids is 3. The van der Waals surface area contributed by atoms with Gasteiger partial charge in [0.15, 0.2) is 5.54 Å². The van der Waals surface area contributed by atoms with E-state index in [1.54, 1.807) is 7.11 Å². The molecule has 3 aliphatic rings. The number of ether oxygens (including phenoxy) is 2. The summed E-state index contributed by atoms with van der Waals surface area (Å²) in [5.41, 5.74) is 1.43. The third kappa shape index (κ3) is 2.34. The molecule has 2 saturated heterocycles. The Morgan fingerprint density at radius 2 is 1.93 bits per heavy atom. The Balaban J connectivity index is 1.88. The molecule has 0 saturated carbocycles. The highest BCUT2D eigenvalue weighted by atomic mass is 16.5. The highest BCUT2D eigenvalue weighted by Crippen LogP contribution is 2.50. The van der Waals surface area contributed by atoms with Gasteiger partial charge in [-0.3, -0.25) is 19.8 Å². The SMILES string of the molecule is COC(=O)[C@@]1(CO)N[C@@H](c2cc3c(cc2OC)CCC3)[C@H]2C(=O)N(C)C(=O)[C@H]21. The summed E-state index contributed by atoms with van der Waals surface area (Å²) in [6.07, 6.45) is 2.95. The van der Waals surface area contributed by atoms with Gasteiger partial charge in [-0.2, -0.15) is 0 Å². The first-order valence-electron chi connectivity index (χ1n) is 9.37. The molecule has 1 aliphatic carbocycles. The number of likely N-dealkylation sites (tertiary alicyclic amines) is 1. The Kier molecular flexibility index (Phi) is 4.43. The molecule has 150 valence electrons. The summed E-state index contributed by atoms with van der Waals surface area (Å²) < 4.78 is 10.5. The maximum absolute atomic E-state index is 12.9. The molecular formula is C20H24N2O6. The number of carbonyl (C=O) groups is 3. The Morgan fingerprint density at radius 3 is 2.54 bits per heavy atom. The molecular weight excluding hydrogens is 364 g/mol. The summed E-state index contributed by atoms with van der Waals surface area (Å²) in [6, 6.07) is 3.31. The van der Waals surface area contributed by atoms with Crippen LogP contribution >= 0.6 is 0 Å². The molecule has 0 radical (unpaired) electrons. The van der Waals surface area contributed by atoms with Crippen molar-refractivity contribution < 1.29 is 29.0 Å². The molecule has 28 heavy (non-hydrogen) atoms. The number of aliphatic hydroxyl groups excluding tert-OH is 1. The average molecular weight is 388 g/mol. The minimum atomic E-state index is -1.67. The number of amides is 2. The number of methoxy groups -OCH3 is 2. The number of esters is 1. The summed E-state index contributed by atoms with van der Waals surface area (Å²) >= 11 is 0. The second-order valence-corrected chi connectivity index (χ2v) is 7.70. The van der Waals surface area contributed by atoms with Gasteiger partial charge in [0.25, 0.3) is 0 Å². The number of hydrogen-bond donors (Lipinski definition) is 2. The van der Waals surface area contributed by atoms with Gasteiger partial charge in [-0.05, 0) is 36.5 Å². The zero-order chi connectivity index (χ0) is 20.2. The number of rotatable bonds is 4. The minimum absolute atomic E-state index is 0.380. The number of imide groups is 1. The molecule has 4 rings (SSSR count). The fraction of sp³-hybridized carbons (Fsp3) is 0.550. The molecule has 2 N–H and O–H groups in total. The number of fused-ring (bicyclic) bond motifs is 2. The van der Waals surface area contributed by atoms with Crippen LogP contribution in [0.2, 0.25) is 0 Å². The monoisotopic (exact) mass is 388 g/mol. The van der Waals surface area contributed by atoms with E-state index in [0.29, 0.717) is 11.3 Å². The van der Waals surface area contributed by atoms with Gasteiger partial charge in [-0.15, -0.1) is 0 Å². The predicted molar refractivity (Wildman–Crippen MR) is 97.5 cm³/mol. The lowest BCUT2D eigenvalue weighted by Gasteiger charge is -2.30. The van der Waals surface area contributed by atoms with Crippen LogP contribution in [-0.2, 0) is 32.0 Å². The number of aliphatic hydroxyl groups is 1. The van der Waals surface area contributed by atoms with Crippen LogP contribution in [0, 0.1) is 11.8 Å². The van der Waals surface area contributed by atoms with Gasteiger partial charge in [-0.25, -0.2) is 4.79 Å². The molecule has 8 heteroatoms. The fourth-order valence-electron chi connectivity index (χ4n) is 5.03. The smallest absolute Gasteiger partial charge is 0.329 e. The van der Waals surface area contributed by atoms with E-state index in [1.807, 2.05) is 12.1 Å². The summed E-state index contributed by atoms with van der Waals surface area (Å²) in [5, 5.41) is 13.2. The Labute approximate surface area is 162 Å². The van der Waals surface area contributed by atoms with Crippen molar-refractivity contribution in [3.8, 4) is 5.75 Å². The van der Waals surface area contributed by atoms with E-state index in [-0.39, 0.29) is 5.91 Å². The Bertz CT molecular complexity index is 868. The van der Waals surface area contributed by atoms with Crippen LogP contribution in [0.4, 0.5) is 0 Å². The number of hydrogen-bond acceptors (Lipinski definition) is 7. The second kappa shape index (κ2) is 6.56. The van der Waals surface area contributed by atoms with Gasteiger partial charge in [-0.1, -0.05) is 6.07 Å². The number of nitrogens with zero attached hydrogens (tertiary/aromatic N) is 1. The fourth-order valence-corrected chi connectivity index (χ4v) is 5.03. The van der Waals surface area contributed by atoms with Crippen LogP contribution < -0.4 is 10.1 Å². The zero-order valence-electron chi connectivity index (χ0n) is 16.2. The lowest BCUT2D eigenvalue weighted by Crippen LogP contribution is -2.58. The number of benzene rings is 1. The third-order valence-electron chi connectivity index (χ3n) is 6.45. The van der Waals surface area contributed by atoms with Crippen LogP contribution in [0.15, 0.2) is 12.1 Å². The summed E-state index contributed by atoms with van der Waals surface area (Å²) in [6.45, 7) is -0.655. The topological polar surface area (TPSA) is 105 Å². The van der Waals surface area contributed by atoms with Crippen molar-refractivity contribution in [3.05, 3.63) is 28.8 Å². The maximum atomic E-state index is 12.9. The van der Waals surface area contributed by atoms with E-state index in [0.717, 1.165) is 24.2 Å². The quantitative estimate of drug-likeness (QED) is 0.551. The van der Waals surface area contributed by atoms with Gasteiger partial charge in [0, 0.05) is 18.7 Å². The standard InChI is InChI=1S/C20H24N2O6/c1-22-17(24)14-15(18(22)25)20(9-23,19(26)28-3)21-16(14)12-7-10-5-4-6-11(10)8-13(12)27-2/h7-8,14-16,21,23H,4-6,9H2,1-3H3/t14-,15-,16-,20-/m0/s1. The van der Waals surface area contributed by atoms with E-state index >= 15 is 0 Å². The molecule has 1 aromatic rings. The largest absolute Gasteiger partial charge is 0.496 e. The molecule has 2 heterocycles. The Morgan fingerprint density at radius 1 is 1.25 bits per heavy atom. The van der Waals surface area contributed by atoms with E-state index in [2.05, 4.69) is 5.32 Å². The lowest BCUT2D eigenvalue weighted by atomic mass is 9.79. The van der Waals surface area contributed by atoms with Crippen LogP contribution in [0.25, 0.3) is 0 Å². The first kappa shape index (κ1) is 18.9. The third-order valence-corrected chi connectivity index (χ3v) is 6.45. The van der Waals surface area contributed by atoms with Gasteiger partial charge in [0.1, 0.15) is 5.75 Å². The van der Waals surface area contributed by atoms with Crippen LogP contribution in [-0.4, -0.2) is 61.2 Å². The number of nitrogens with one attached hydrogen (secondary N) is 1. The lowest BCUT2D eigenvalue weighted by molar-refractivity contribution is -0.156. The highest BCUT2D eigenvalue weighted by molar-refractivity contribution is 6.09. The first-order valence-corrected chi connectivity index (χ1v) is 9.37. The van der Waals surface area contributed by atoms with Crippen molar-refractivity contribution in [2.75, 3.05) is 27.9 Å². The average Bonchev–Trinajstić information content (AvgIpc) is 3.37. The molecule has 0 bridgehead atoms. The predicted octanol–water partition coefficient (Wildman–Crippen LogP) is -0.0367. The van der Waals surface area contributed by atoms with E-state index in [1.165, 1.54) is 25.3 Å². The van der Waals surface area contributed by atoms with Gasteiger partial charge >= 0.3 is 5.97 Å². The zero-order valence-corrected chi connectivity index (χ0v) is 16.2. The normalized spacial score (nSPS) is 31.1. The van der Waals surface area contributed by atoms with Crippen LogP contribution in [0.3, 0.4) is 0 Å². The molecule has 0 unspecified atom stereocenters. The summed E-state index contributed by atoms with van der Waals surface area (Å²) in [7, 11) is 4.16. The van der Waals surface area contributed by atoms with E-state index in [4.69, 9.17) is 9.47 Å². The molecule has 0 spiro atoms. The molecule has 8 nitrogen and oxygen atoms in total. The van der Waals surface area contributed by atoms with E-state index < -0.39 is 41.9 Å². The second-order valence-electron chi connectivity index (χ2n) is 7.70. The molecule has 2 fully saturated rings. The molecule has 2 aliphatic heterocycles. The molecule has 1 aromatic carbocycles. The first-order chi connectivity index (χ1) is 13.4. The Hall–Kier alpha value is -2.45.